The van der Waals surface area contributed by atoms with Crippen molar-refractivity contribution in [1.29, 1.82) is 0 Å². The third kappa shape index (κ3) is 11.0. The van der Waals surface area contributed by atoms with Crippen molar-refractivity contribution < 1.29 is 24.1 Å². The van der Waals surface area contributed by atoms with Crippen molar-refractivity contribution in [2.24, 2.45) is 0 Å². The van der Waals surface area contributed by atoms with Gasteiger partial charge in [-0.1, -0.05) is 75.7 Å². The number of nitrogens with zero attached hydrogens (tertiary/aromatic N) is 6. The van der Waals surface area contributed by atoms with Gasteiger partial charge in [-0.3, -0.25) is 4.98 Å². The Bertz CT molecular complexity index is 1800. The van der Waals surface area contributed by atoms with Crippen LogP contribution in [-0.4, -0.2) is 96.7 Å². The molecule has 288 valence electrons. The molecule has 1 aliphatic rings. The van der Waals surface area contributed by atoms with Crippen molar-refractivity contribution in [3.63, 3.8) is 0 Å². The van der Waals surface area contributed by atoms with Crippen LogP contribution in [0.5, 0.6) is 0 Å². The average Bonchev–Trinajstić information content (AvgIpc) is 3.50. The Morgan fingerprint density at radius 2 is 1.58 bits per heavy atom. The molecule has 53 heavy (non-hydrogen) atoms. The second-order valence-corrected chi connectivity index (χ2v) is 29.1. The predicted molar refractivity (Wildman–Crippen MR) is 218 cm³/mol. The summed E-state index contributed by atoms with van der Waals surface area (Å²) in [6.45, 7) is 23.8. The van der Waals surface area contributed by atoms with Gasteiger partial charge in [-0.25, -0.2) is 9.78 Å². The molecule has 0 spiro atoms. The van der Waals surface area contributed by atoms with E-state index in [9.17, 15) is 9.90 Å². The van der Waals surface area contributed by atoms with Crippen molar-refractivity contribution in [2.45, 2.75) is 109 Å². The number of anilines is 1. The number of carbonyl (C=O) groups excluding carboxylic acids is 1. The Morgan fingerprint density at radius 1 is 0.943 bits per heavy atom. The summed E-state index contributed by atoms with van der Waals surface area (Å²) in [6.07, 6.45) is 3.88. The molecule has 4 aromatic rings. The number of fused-ring (bicyclic) bond motifs is 1. The van der Waals surface area contributed by atoms with Crippen LogP contribution in [0.2, 0.25) is 51.4 Å². The number of amides is 1. The molecular weight excluding hydrogens is 701 g/mol. The highest BCUT2D eigenvalue weighted by atomic mass is 28.3. The highest BCUT2D eigenvalue weighted by molar-refractivity contribution is 6.76. The largest absolute Gasteiger partial charge is 0.444 e. The molecule has 1 amide bonds. The summed E-state index contributed by atoms with van der Waals surface area (Å²) < 4.78 is 20.2. The van der Waals surface area contributed by atoms with Gasteiger partial charge in [0.2, 0.25) is 0 Å². The molecule has 2 atom stereocenters. The van der Waals surface area contributed by atoms with Gasteiger partial charge in [0.25, 0.3) is 0 Å². The molecular formula is C40H60N6O5Si2. The van der Waals surface area contributed by atoms with E-state index in [-0.39, 0.29) is 12.1 Å². The maximum atomic E-state index is 13.1. The fraction of sp³-hybridized carbons (Fsp3) is 0.550. The lowest BCUT2D eigenvalue weighted by atomic mass is 9.84. The zero-order valence-electron chi connectivity index (χ0n) is 33.5. The van der Waals surface area contributed by atoms with E-state index in [1.807, 2.05) is 98.0 Å². The molecule has 0 unspecified atom stereocenters. The summed E-state index contributed by atoms with van der Waals surface area (Å²) in [5.74, 6) is 0.710. The monoisotopic (exact) mass is 760 g/mol. The van der Waals surface area contributed by atoms with Crippen LogP contribution in [0.25, 0.3) is 28.0 Å². The first-order valence-electron chi connectivity index (χ1n) is 18.9. The van der Waals surface area contributed by atoms with Gasteiger partial charge in [-0.15, -0.1) is 0 Å². The van der Waals surface area contributed by atoms with Crippen LogP contribution in [0.4, 0.5) is 10.6 Å². The minimum Gasteiger partial charge on any atom is -0.444 e. The van der Waals surface area contributed by atoms with Crippen LogP contribution in [0.3, 0.4) is 0 Å². The number of hydrogen-bond acceptors (Lipinski definition) is 9. The van der Waals surface area contributed by atoms with Gasteiger partial charge in [0, 0.05) is 77.3 Å². The SMILES string of the molecule is C[C@H]1C[C@](O)(c2cc(N(COCC[Si](C)(C)C)COCC[Si](C)(C)C)n3ncc(-c4ccc(-c5ccccc5)nc4)c3n2)CCN1C(=O)OC(C)(C)C. The van der Waals surface area contributed by atoms with Gasteiger partial charge in [-0.05, 0) is 52.3 Å². The highest BCUT2D eigenvalue weighted by Gasteiger charge is 2.42. The maximum Gasteiger partial charge on any atom is 0.410 e. The van der Waals surface area contributed by atoms with Gasteiger partial charge in [0.05, 0.1) is 17.6 Å². The molecule has 1 N–H and O–H groups in total. The maximum absolute atomic E-state index is 13.1. The fourth-order valence-electron chi connectivity index (χ4n) is 6.27. The second kappa shape index (κ2) is 16.4. The number of pyridine rings is 1. The predicted octanol–water partition coefficient (Wildman–Crippen LogP) is 8.50. The molecule has 0 radical (unpaired) electrons. The Morgan fingerprint density at radius 3 is 2.13 bits per heavy atom. The lowest BCUT2D eigenvalue weighted by Crippen LogP contribution is -2.51. The smallest absolute Gasteiger partial charge is 0.410 e. The number of likely N-dealkylation sites (tertiary alicyclic amines) is 1. The van der Waals surface area contributed by atoms with Crippen molar-refractivity contribution in [1.82, 2.24) is 24.5 Å². The summed E-state index contributed by atoms with van der Waals surface area (Å²) >= 11 is 0. The molecule has 3 aromatic heterocycles. The number of aliphatic hydroxyl groups is 1. The lowest BCUT2D eigenvalue weighted by Gasteiger charge is -2.42. The first kappa shape index (κ1) is 40.6. The number of piperidine rings is 1. The Hall–Kier alpha value is -3.63. The molecule has 0 saturated carbocycles. The molecule has 11 nitrogen and oxygen atoms in total. The highest BCUT2D eigenvalue weighted by Crippen LogP contribution is 2.38. The van der Waals surface area contributed by atoms with Crippen LogP contribution in [0.1, 0.15) is 46.2 Å². The zero-order valence-corrected chi connectivity index (χ0v) is 35.5. The standard InChI is InChI=1S/C40H60N6O5Si2/c1-30-25-40(48,18-19-45(30)38(47)51-39(2,3)4)35-24-36(44(28-49-20-22-52(5,6)7)29-50-21-23-53(8,9)10)46-37(43-35)33(27-42-46)32-16-17-34(41-26-32)31-14-12-11-13-15-31/h11-17,24,26-27,30,48H,18-23,25,28-29H2,1-10H3/t30-,40-/m0/s1. The number of hydrogen-bond donors (Lipinski definition) is 1. The molecule has 0 bridgehead atoms. The van der Waals surface area contributed by atoms with Crippen LogP contribution >= 0.6 is 0 Å². The molecule has 1 fully saturated rings. The van der Waals surface area contributed by atoms with E-state index in [2.05, 4.69) is 39.3 Å². The zero-order chi connectivity index (χ0) is 38.6. The average molecular weight is 761 g/mol. The first-order valence-corrected chi connectivity index (χ1v) is 26.3. The van der Waals surface area contributed by atoms with Crippen LogP contribution in [0.15, 0.2) is 60.9 Å². The van der Waals surface area contributed by atoms with Gasteiger partial charge in [0.15, 0.2) is 5.65 Å². The van der Waals surface area contributed by atoms with E-state index in [4.69, 9.17) is 29.3 Å². The number of benzene rings is 1. The number of aromatic nitrogens is 4. The Balaban J connectivity index is 1.55. The fourth-order valence-corrected chi connectivity index (χ4v) is 7.79. The van der Waals surface area contributed by atoms with Crippen molar-refractivity contribution in [3.05, 3.63) is 66.6 Å². The van der Waals surface area contributed by atoms with Crippen LogP contribution in [-0.2, 0) is 19.8 Å². The number of carbonyl (C=O) groups is 1. The van der Waals surface area contributed by atoms with Crippen LogP contribution < -0.4 is 4.90 Å². The van der Waals surface area contributed by atoms with E-state index < -0.39 is 27.3 Å². The van der Waals surface area contributed by atoms with Crippen molar-refractivity contribution in [2.75, 3.05) is 38.1 Å². The number of ether oxygens (including phenoxy) is 3. The molecule has 4 heterocycles. The third-order valence-corrected chi connectivity index (χ3v) is 12.9. The van der Waals surface area contributed by atoms with Crippen LogP contribution in [0, 0.1) is 0 Å². The normalized spacial score (nSPS) is 18.4. The van der Waals surface area contributed by atoms with Gasteiger partial charge in [0.1, 0.15) is 30.5 Å². The molecule has 5 rings (SSSR count). The van der Waals surface area contributed by atoms with E-state index in [1.54, 1.807) is 4.90 Å². The summed E-state index contributed by atoms with van der Waals surface area (Å²) in [6, 6.07) is 17.8. The van der Waals surface area contributed by atoms with Crippen molar-refractivity contribution >= 4 is 33.7 Å². The van der Waals surface area contributed by atoms with E-state index >= 15 is 0 Å². The Kier molecular flexibility index (Phi) is 12.5. The topological polar surface area (TPSA) is 115 Å². The summed E-state index contributed by atoms with van der Waals surface area (Å²) in [5, 5.41) is 17.3. The minimum atomic E-state index is -1.31. The quantitative estimate of drug-likeness (QED) is 0.0768. The first-order chi connectivity index (χ1) is 24.8. The summed E-state index contributed by atoms with van der Waals surface area (Å²) in [4.78, 5) is 26.8. The summed E-state index contributed by atoms with van der Waals surface area (Å²) in [7, 11) is -2.63. The van der Waals surface area contributed by atoms with Gasteiger partial charge >= 0.3 is 6.09 Å². The number of rotatable bonds is 14. The van der Waals surface area contributed by atoms with E-state index in [0.29, 0.717) is 63.2 Å². The third-order valence-electron chi connectivity index (χ3n) is 9.44. The van der Waals surface area contributed by atoms with E-state index in [0.717, 1.165) is 34.5 Å². The van der Waals surface area contributed by atoms with E-state index in [1.165, 1.54) is 0 Å². The summed E-state index contributed by atoms with van der Waals surface area (Å²) in [5.41, 5.74) is 2.75. The van der Waals surface area contributed by atoms with Crippen molar-refractivity contribution in [3.8, 4) is 22.4 Å². The molecule has 1 aliphatic heterocycles. The van der Waals surface area contributed by atoms with Gasteiger partial charge in [-0.2, -0.15) is 9.61 Å². The minimum absolute atomic E-state index is 0.282. The molecule has 0 aliphatic carbocycles. The Labute approximate surface area is 317 Å². The lowest BCUT2D eigenvalue weighted by molar-refractivity contribution is -0.0569. The molecule has 1 saturated heterocycles. The molecule has 1 aromatic carbocycles. The van der Waals surface area contributed by atoms with Gasteiger partial charge < -0.3 is 29.1 Å². The second-order valence-electron chi connectivity index (χ2n) is 17.8. The molecule has 13 heteroatoms.